The number of anilines is 1. The third kappa shape index (κ3) is 12.8. The van der Waals surface area contributed by atoms with Crippen LogP contribution in [0.15, 0.2) is 18.2 Å². The number of amides is 3. The van der Waals surface area contributed by atoms with Gasteiger partial charge in [0.25, 0.3) is 11.8 Å². The number of benzene rings is 1. The third-order valence-electron chi connectivity index (χ3n) is 9.26. The molecule has 2 aliphatic rings. The number of ether oxygens (including phenoxy) is 4. The van der Waals surface area contributed by atoms with Crippen LogP contribution in [0.3, 0.4) is 0 Å². The highest BCUT2D eigenvalue weighted by Crippen LogP contribution is 2.32. The Hall–Kier alpha value is -3.56. The van der Waals surface area contributed by atoms with Gasteiger partial charge >= 0.3 is 12.1 Å². The van der Waals surface area contributed by atoms with Crippen molar-refractivity contribution in [2.24, 2.45) is 5.41 Å². The van der Waals surface area contributed by atoms with Crippen molar-refractivity contribution in [3.8, 4) is 5.75 Å². The van der Waals surface area contributed by atoms with Crippen molar-refractivity contribution in [2.45, 2.75) is 143 Å². The maximum absolute atomic E-state index is 13.7. The number of morpholine rings is 1. The molecule has 2 aliphatic heterocycles. The lowest BCUT2D eigenvalue weighted by Crippen LogP contribution is -2.55. The molecule has 0 spiro atoms. The van der Waals surface area contributed by atoms with Crippen LogP contribution < -0.4 is 10.1 Å². The lowest BCUT2D eigenvalue weighted by Gasteiger charge is -2.31. The minimum Gasteiger partial charge on any atom is -0.489 e. The van der Waals surface area contributed by atoms with Gasteiger partial charge in [-0.2, -0.15) is 4.31 Å². The Morgan fingerprint density at radius 1 is 0.981 bits per heavy atom. The van der Waals surface area contributed by atoms with Gasteiger partial charge in [-0.15, -0.1) is 0 Å². The molecular formula is C39H61N3O11S. The molecule has 54 heavy (non-hydrogen) atoms. The van der Waals surface area contributed by atoms with Crippen molar-refractivity contribution >= 4 is 45.4 Å². The summed E-state index contributed by atoms with van der Waals surface area (Å²) in [5, 5.41) is 2.60. The van der Waals surface area contributed by atoms with E-state index in [4.69, 9.17) is 18.9 Å². The summed E-state index contributed by atoms with van der Waals surface area (Å²) < 4.78 is 49.9. The van der Waals surface area contributed by atoms with E-state index in [9.17, 15) is 32.4 Å². The number of hydrogen-bond donors (Lipinski definition) is 1. The van der Waals surface area contributed by atoms with Gasteiger partial charge in [0.15, 0.2) is 17.4 Å². The Morgan fingerprint density at radius 3 is 2.15 bits per heavy atom. The summed E-state index contributed by atoms with van der Waals surface area (Å²) in [6.45, 7) is 13.4. The SMILES string of the molecule is CCCCCCCCCCCCS(=O)(=O)N1CCOC(COC(=O)c2ccc(NC(=O)C(C(=O)C(C)(C)C)N3C(=O)OC(C)(C)C3=O)c(OC(C)C)c2)C1. The van der Waals surface area contributed by atoms with E-state index in [2.05, 4.69) is 12.2 Å². The van der Waals surface area contributed by atoms with Crippen molar-refractivity contribution in [3.63, 3.8) is 0 Å². The zero-order chi connectivity index (χ0) is 40.3. The zero-order valence-electron chi connectivity index (χ0n) is 33.4. The highest BCUT2D eigenvalue weighted by atomic mass is 32.2. The minimum atomic E-state index is -3.49. The van der Waals surface area contributed by atoms with Crippen molar-refractivity contribution in [3.05, 3.63) is 23.8 Å². The first-order chi connectivity index (χ1) is 25.3. The van der Waals surface area contributed by atoms with Gasteiger partial charge in [0.2, 0.25) is 10.0 Å². The number of nitrogens with zero attached hydrogens (tertiary/aromatic N) is 2. The molecule has 1 N–H and O–H groups in total. The van der Waals surface area contributed by atoms with E-state index in [1.165, 1.54) is 74.9 Å². The molecule has 1 aromatic rings. The van der Waals surface area contributed by atoms with Crippen molar-refractivity contribution in [1.82, 2.24) is 9.21 Å². The Balaban J connectivity index is 1.62. The summed E-state index contributed by atoms with van der Waals surface area (Å²) >= 11 is 0. The molecule has 2 fully saturated rings. The minimum absolute atomic E-state index is 0.0682. The number of rotatable bonds is 21. The lowest BCUT2D eigenvalue weighted by atomic mass is 9.85. The van der Waals surface area contributed by atoms with Gasteiger partial charge < -0.3 is 24.3 Å². The third-order valence-corrected chi connectivity index (χ3v) is 11.2. The van der Waals surface area contributed by atoms with E-state index in [1.54, 1.807) is 34.6 Å². The van der Waals surface area contributed by atoms with Crippen LogP contribution in [0.25, 0.3) is 0 Å². The molecule has 0 aliphatic carbocycles. The number of unbranched alkanes of at least 4 members (excludes halogenated alkanes) is 9. The molecule has 2 unspecified atom stereocenters. The second-order valence-electron chi connectivity index (χ2n) is 15.9. The summed E-state index contributed by atoms with van der Waals surface area (Å²) in [7, 11) is -3.49. The number of esters is 1. The number of Topliss-reactive ketones (excluding diaryl/α,β-unsaturated/α-hetero) is 1. The van der Waals surface area contributed by atoms with Crippen LogP contribution in [0, 0.1) is 5.41 Å². The predicted octanol–water partition coefficient (Wildman–Crippen LogP) is 6.26. The fourth-order valence-corrected chi connectivity index (χ4v) is 7.75. The summed E-state index contributed by atoms with van der Waals surface area (Å²) in [5.41, 5.74) is -2.53. The second-order valence-corrected chi connectivity index (χ2v) is 18.0. The number of hydrogen-bond acceptors (Lipinski definition) is 11. The maximum Gasteiger partial charge on any atom is 0.418 e. The fraction of sp³-hybridized carbons (Fsp3) is 0.718. The van der Waals surface area contributed by atoms with Crippen LogP contribution in [0.1, 0.15) is 130 Å². The summed E-state index contributed by atoms with van der Waals surface area (Å²) in [6, 6.07) is 2.30. The van der Waals surface area contributed by atoms with Crippen LogP contribution in [0.4, 0.5) is 10.5 Å². The Morgan fingerprint density at radius 2 is 1.59 bits per heavy atom. The number of carbonyl (C=O) groups is 5. The van der Waals surface area contributed by atoms with Crippen molar-refractivity contribution < 1.29 is 51.3 Å². The summed E-state index contributed by atoms with van der Waals surface area (Å²) in [5.74, 6) is -3.08. The van der Waals surface area contributed by atoms with Gasteiger partial charge in [-0.3, -0.25) is 14.4 Å². The van der Waals surface area contributed by atoms with E-state index in [1.807, 2.05) is 0 Å². The second kappa shape index (κ2) is 19.9. The molecule has 0 aromatic heterocycles. The molecule has 0 saturated carbocycles. The fourth-order valence-electron chi connectivity index (χ4n) is 6.17. The van der Waals surface area contributed by atoms with Crippen LogP contribution in [-0.2, 0) is 38.6 Å². The van der Waals surface area contributed by atoms with Crippen LogP contribution in [0.5, 0.6) is 5.75 Å². The average molecular weight is 780 g/mol. The largest absolute Gasteiger partial charge is 0.489 e. The monoisotopic (exact) mass is 779 g/mol. The van der Waals surface area contributed by atoms with Gasteiger partial charge in [0, 0.05) is 18.5 Å². The van der Waals surface area contributed by atoms with Gasteiger partial charge in [-0.05, 0) is 52.3 Å². The van der Waals surface area contributed by atoms with Gasteiger partial charge in [-0.1, -0.05) is 85.5 Å². The number of cyclic esters (lactones) is 1. The van der Waals surface area contributed by atoms with Crippen LogP contribution in [-0.4, -0.2) is 103 Å². The van der Waals surface area contributed by atoms with Gasteiger partial charge in [-0.25, -0.2) is 22.9 Å². The molecular weight excluding hydrogens is 719 g/mol. The predicted molar refractivity (Wildman–Crippen MR) is 204 cm³/mol. The lowest BCUT2D eigenvalue weighted by molar-refractivity contribution is -0.145. The molecule has 304 valence electrons. The first kappa shape index (κ1) is 44.8. The zero-order valence-corrected chi connectivity index (χ0v) is 34.2. The summed E-state index contributed by atoms with van der Waals surface area (Å²) in [4.78, 5) is 66.8. The average Bonchev–Trinajstić information content (AvgIpc) is 3.29. The van der Waals surface area contributed by atoms with E-state index in [-0.39, 0.29) is 49.1 Å². The standard InChI is InChI=1S/C39H61N3O11S/c1-9-10-11-12-13-14-15-16-17-18-23-54(48,49)41-21-22-50-29(25-41)26-51-35(45)28-19-20-30(31(24-28)52-27(2)3)40-34(44)32(33(43)38(4,5)6)42-36(46)39(7,8)53-37(42)47/h19-20,24,27,29,32H,9-18,21-23,25-26H2,1-8H3,(H,40,44). The molecule has 3 amide bonds. The molecule has 2 atom stereocenters. The molecule has 2 heterocycles. The molecule has 3 rings (SSSR count). The Bertz CT molecular complexity index is 1590. The first-order valence-corrected chi connectivity index (χ1v) is 20.9. The molecule has 1 aromatic carbocycles. The molecule has 0 bridgehead atoms. The maximum atomic E-state index is 13.7. The number of carbonyl (C=O) groups excluding carboxylic acids is 5. The highest BCUT2D eigenvalue weighted by Gasteiger charge is 2.55. The molecule has 2 saturated heterocycles. The quantitative estimate of drug-likeness (QED) is 0.0847. The van der Waals surface area contributed by atoms with E-state index in [0.717, 1.165) is 19.3 Å². The van der Waals surface area contributed by atoms with Crippen LogP contribution >= 0.6 is 0 Å². The van der Waals surface area contributed by atoms with Crippen molar-refractivity contribution in [2.75, 3.05) is 37.4 Å². The van der Waals surface area contributed by atoms with E-state index in [0.29, 0.717) is 11.3 Å². The Labute approximate surface area is 321 Å². The molecule has 15 heteroatoms. The smallest absolute Gasteiger partial charge is 0.418 e. The first-order valence-electron chi connectivity index (χ1n) is 19.3. The van der Waals surface area contributed by atoms with E-state index < -0.39 is 68.9 Å². The highest BCUT2D eigenvalue weighted by molar-refractivity contribution is 7.89. The molecule has 0 radical (unpaired) electrons. The number of sulfonamides is 1. The van der Waals surface area contributed by atoms with Crippen molar-refractivity contribution in [1.29, 1.82) is 0 Å². The number of ketones is 1. The number of imide groups is 1. The normalized spacial score (nSPS) is 18.4. The van der Waals surface area contributed by atoms with Gasteiger partial charge in [0.05, 0.1) is 29.7 Å². The topological polar surface area (TPSA) is 175 Å². The number of nitrogens with one attached hydrogen (secondary N) is 1. The van der Waals surface area contributed by atoms with Crippen LogP contribution in [0.2, 0.25) is 0 Å². The van der Waals surface area contributed by atoms with E-state index >= 15 is 0 Å². The van der Waals surface area contributed by atoms with Gasteiger partial charge in [0.1, 0.15) is 18.5 Å². The Kier molecular flexibility index (Phi) is 16.5. The summed E-state index contributed by atoms with van der Waals surface area (Å²) in [6.07, 6.45) is 8.92. The molecule has 14 nitrogen and oxygen atoms in total.